The van der Waals surface area contributed by atoms with Crippen molar-refractivity contribution in [3.05, 3.63) is 46.9 Å². The molecule has 2 aromatic heterocycles. The molecule has 0 unspecified atom stereocenters. The first kappa shape index (κ1) is 9.75. The summed E-state index contributed by atoms with van der Waals surface area (Å²) in [6, 6.07) is 11.9. The molecule has 2 heterocycles. The summed E-state index contributed by atoms with van der Waals surface area (Å²) in [5.41, 5.74) is 1.97. The molecule has 0 atom stereocenters. The third-order valence-electron chi connectivity index (χ3n) is 2.39. The number of benzene rings is 1. The second kappa shape index (κ2) is 3.85. The van der Waals surface area contributed by atoms with Gasteiger partial charge in [0.1, 0.15) is 0 Å². The first-order valence-corrected chi connectivity index (χ1v) is 6.06. The van der Waals surface area contributed by atoms with Crippen molar-refractivity contribution in [2.24, 2.45) is 0 Å². The van der Waals surface area contributed by atoms with Gasteiger partial charge in [0.2, 0.25) is 0 Å². The van der Waals surface area contributed by atoms with Crippen molar-refractivity contribution in [2.75, 3.05) is 0 Å². The number of thiophene rings is 1. The van der Waals surface area contributed by atoms with Gasteiger partial charge >= 0.3 is 0 Å². The van der Waals surface area contributed by atoms with Gasteiger partial charge in [-0.15, -0.1) is 21.5 Å². The van der Waals surface area contributed by atoms with Crippen molar-refractivity contribution in [1.82, 2.24) is 10.2 Å². The second-order valence-corrected chi connectivity index (χ2v) is 4.69. The molecule has 0 saturated carbocycles. The van der Waals surface area contributed by atoms with E-state index in [9.17, 15) is 0 Å². The van der Waals surface area contributed by atoms with Crippen LogP contribution in [0.1, 0.15) is 0 Å². The highest BCUT2D eigenvalue weighted by molar-refractivity contribution is 7.17. The zero-order valence-electron chi connectivity index (χ0n) is 8.22. The molecule has 0 aliphatic carbocycles. The average Bonchev–Trinajstić information content (AvgIpc) is 2.78. The van der Waals surface area contributed by atoms with Crippen LogP contribution in [0, 0.1) is 0 Å². The fraction of sp³-hybridized carbons (Fsp3) is 0. The lowest BCUT2D eigenvalue weighted by Crippen LogP contribution is -1.87. The SMILES string of the molecule is Clc1ccc(-c2cccc3ccsc23)nn1. The molecule has 0 amide bonds. The molecule has 0 fully saturated rings. The number of rotatable bonds is 1. The van der Waals surface area contributed by atoms with Gasteiger partial charge in [0.25, 0.3) is 0 Å². The van der Waals surface area contributed by atoms with E-state index >= 15 is 0 Å². The zero-order chi connectivity index (χ0) is 11.0. The van der Waals surface area contributed by atoms with Gasteiger partial charge in [-0.1, -0.05) is 29.8 Å². The molecule has 0 spiro atoms. The molecule has 0 radical (unpaired) electrons. The van der Waals surface area contributed by atoms with Crippen molar-refractivity contribution < 1.29 is 0 Å². The van der Waals surface area contributed by atoms with Crippen molar-refractivity contribution >= 4 is 33.0 Å². The van der Waals surface area contributed by atoms with Crippen LogP contribution < -0.4 is 0 Å². The predicted octanol–water partition coefficient (Wildman–Crippen LogP) is 4.01. The summed E-state index contributed by atoms with van der Waals surface area (Å²) >= 11 is 7.44. The minimum atomic E-state index is 0.419. The fourth-order valence-corrected chi connectivity index (χ4v) is 2.68. The molecule has 0 bridgehead atoms. The second-order valence-electron chi connectivity index (χ2n) is 3.39. The molecule has 0 aliphatic rings. The first-order valence-electron chi connectivity index (χ1n) is 4.80. The van der Waals surface area contributed by atoms with E-state index in [-0.39, 0.29) is 0 Å². The van der Waals surface area contributed by atoms with Gasteiger partial charge in [0.05, 0.1) is 5.69 Å². The summed E-state index contributed by atoms with van der Waals surface area (Å²) in [5.74, 6) is 0. The van der Waals surface area contributed by atoms with Gasteiger partial charge in [0, 0.05) is 10.3 Å². The molecule has 0 aliphatic heterocycles. The van der Waals surface area contributed by atoms with Crippen LogP contribution >= 0.6 is 22.9 Å². The highest BCUT2D eigenvalue weighted by Crippen LogP contribution is 2.31. The highest BCUT2D eigenvalue weighted by Gasteiger charge is 2.06. The number of halogens is 1. The smallest absolute Gasteiger partial charge is 0.149 e. The lowest BCUT2D eigenvalue weighted by atomic mass is 10.1. The maximum absolute atomic E-state index is 5.73. The Balaban J connectivity index is 2.25. The number of fused-ring (bicyclic) bond motifs is 1. The van der Waals surface area contributed by atoms with Crippen LogP contribution in [-0.4, -0.2) is 10.2 Å². The summed E-state index contributed by atoms with van der Waals surface area (Å²) in [5, 5.41) is 11.7. The molecule has 3 aromatic rings. The van der Waals surface area contributed by atoms with Gasteiger partial charge in [-0.25, -0.2) is 0 Å². The van der Waals surface area contributed by atoms with Crippen molar-refractivity contribution in [3.8, 4) is 11.3 Å². The number of aromatic nitrogens is 2. The molecule has 78 valence electrons. The Morgan fingerprint density at radius 3 is 2.75 bits per heavy atom. The molecule has 0 saturated heterocycles. The maximum Gasteiger partial charge on any atom is 0.151 e. The molecule has 2 nitrogen and oxygen atoms in total. The van der Waals surface area contributed by atoms with Crippen molar-refractivity contribution in [2.45, 2.75) is 0 Å². The molecule has 4 heteroatoms. The van der Waals surface area contributed by atoms with Crippen molar-refractivity contribution in [1.29, 1.82) is 0 Å². The van der Waals surface area contributed by atoms with Crippen LogP contribution in [0.3, 0.4) is 0 Å². The molecular weight excluding hydrogens is 240 g/mol. The molecule has 16 heavy (non-hydrogen) atoms. The Morgan fingerprint density at radius 2 is 1.94 bits per heavy atom. The van der Waals surface area contributed by atoms with E-state index in [0.29, 0.717) is 5.15 Å². The van der Waals surface area contributed by atoms with Gasteiger partial charge in [-0.2, -0.15) is 0 Å². The van der Waals surface area contributed by atoms with Crippen LogP contribution in [0.25, 0.3) is 21.3 Å². The Morgan fingerprint density at radius 1 is 1.00 bits per heavy atom. The minimum Gasteiger partial charge on any atom is -0.149 e. The van der Waals surface area contributed by atoms with Gasteiger partial charge < -0.3 is 0 Å². The van der Waals surface area contributed by atoms with Crippen LogP contribution in [0.5, 0.6) is 0 Å². The quantitative estimate of drug-likeness (QED) is 0.648. The monoisotopic (exact) mass is 246 g/mol. The van der Waals surface area contributed by atoms with E-state index in [1.807, 2.05) is 12.1 Å². The van der Waals surface area contributed by atoms with Crippen LogP contribution in [0.2, 0.25) is 5.15 Å². The van der Waals surface area contributed by atoms with Crippen LogP contribution in [0.4, 0.5) is 0 Å². The number of hydrogen-bond acceptors (Lipinski definition) is 3. The zero-order valence-corrected chi connectivity index (χ0v) is 9.79. The van der Waals surface area contributed by atoms with E-state index in [1.165, 1.54) is 10.1 Å². The first-order chi connectivity index (χ1) is 7.84. The standard InChI is InChI=1S/C12H7ClN2S/c13-11-5-4-10(14-15-11)9-3-1-2-8-6-7-16-12(8)9/h1-7H. The lowest BCUT2D eigenvalue weighted by Gasteiger charge is -2.01. The predicted molar refractivity (Wildman–Crippen MR) is 67.9 cm³/mol. The third kappa shape index (κ3) is 1.58. The topological polar surface area (TPSA) is 25.8 Å². The molecular formula is C12H7ClN2S. The van der Waals surface area contributed by atoms with E-state index in [4.69, 9.17) is 11.6 Å². The average molecular weight is 247 g/mol. The van der Waals surface area contributed by atoms with Gasteiger partial charge in [-0.05, 0) is 29.0 Å². The Kier molecular flexibility index (Phi) is 2.35. The largest absolute Gasteiger partial charge is 0.151 e. The molecule has 3 rings (SSSR count). The summed E-state index contributed by atoms with van der Waals surface area (Å²) in [4.78, 5) is 0. The van der Waals surface area contributed by atoms with E-state index in [2.05, 4.69) is 33.8 Å². The van der Waals surface area contributed by atoms with E-state index in [0.717, 1.165) is 11.3 Å². The number of nitrogens with zero attached hydrogens (tertiary/aromatic N) is 2. The fourth-order valence-electron chi connectivity index (χ4n) is 1.65. The summed E-state index contributed by atoms with van der Waals surface area (Å²) in [6.45, 7) is 0. The lowest BCUT2D eigenvalue weighted by molar-refractivity contribution is 1.04. The van der Waals surface area contributed by atoms with E-state index < -0.39 is 0 Å². The number of hydrogen-bond donors (Lipinski definition) is 0. The summed E-state index contributed by atoms with van der Waals surface area (Å²) in [6.07, 6.45) is 0. The van der Waals surface area contributed by atoms with Crippen molar-refractivity contribution in [3.63, 3.8) is 0 Å². The molecule has 0 N–H and O–H groups in total. The molecule has 1 aromatic carbocycles. The third-order valence-corrected chi connectivity index (χ3v) is 3.55. The van der Waals surface area contributed by atoms with Crippen LogP contribution in [-0.2, 0) is 0 Å². The Hall–Kier alpha value is -1.45. The summed E-state index contributed by atoms with van der Waals surface area (Å²) in [7, 11) is 0. The van der Waals surface area contributed by atoms with Crippen LogP contribution in [0.15, 0.2) is 41.8 Å². The van der Waals surface area contributed by atoms with Gasteiger partial charge in [0.15, 0.2) is 5.15 Å². The highest BCUT2D eigenvalue weighted by atomic mass is 35.5. The summed E-state index contributed by atoms with van der Waals surface area (Å²) < 4.78 is 1.24. The minimum absolute atomic E-state index is 0.419. The van der Waals surface area contributed by atoms with Gasteiger partial charge in [-0.3, -0.25) is 0 Å². The Bertz CT molecular complexity index is 631. The Labute approximate surface area is 102 Å². The maximum atomic E-state index is 5.73. The normalized spacial score (nSPS) is 10.8. The van der Waals surface area contributed by atoms with E-state index in [1.54, 1.807) is 17.4 Å².